The van der Waals surface area contributed by atoms with E-state index >= 15 is 0 Å². The van der Waals surface area contributed by atoms with Gasteiger partial charge in [0, 0.05) is 6.04 Å². The van der Waals surface area contributed by atoms with Gasteiger partial charge in [-0.15, -0.1) is 0 Å². The summed E-state index contributed by atoms with van der Waals surface area (Å²) in [5, 5.41) is 0. The topological polar surface area (TPSA) is 26.0 Å². The van der Waals surface area contributed by atoms with Crippen molar-refractivity contribution in [3.8, 4) is 0 Å². The van der Waals surface area contributed by atoms with E-state index in [1.54, 1.807) is 0 Å². The third-order valence-corrected chi connectivity index (χ3v) is 4.41. The number of rotatable bonds is 0. The SMILES string of the molecule is C[C@H]1C2C[C@H](C[C@@H]1N)C2(C)C. The van der Waals surface area contributed by atoms with Crippen LogP contribution in [0.2, 0.25) is 0 Å². The maximum Gasteiger partial charge on any atom is 0.00702 e. The predicted octanol–water partition coefficient (Wildman–Crippen LogP) is 2.02. The lowest BCUT2D eigenvalue weighted by Gasteiger charge is -2.61. The summed E-state index contributed by atoms with van der Waals surface area (Å²) in [7, 11) is 0. The first-order chi connectivity index (χ1) is 5.03. The average molecular weight is 153 g/mol. The molecule has 0 saturated heterocycles. The van der Waals surface area contributed by atoms with Crippen molar-refractivity contribution in [2.75, 3.05) is 0 Å². The van der Waals surface area contributed by atoms with Crippen LogP contribution >= 0.6 is 0 Å². The largest absolute Gasteiger partial charge is 0.327 e. The predicted molar refractivity (Wildman–Crippen MR) is 47.1 cm³/mol. The minimum atomic E-state index is 0.492. The van der Waals surface area contributed by atoms with Gasteiger partial charge in [0.15, 0.2) is 0 Å². The van der Waals surface area contributed by atoms with Gasteiger partial charge < -0.3 is 5.73 Å². The first kappa shape index (κ1) is 7.60. The Kier molecular flexibility index (Phi) is 1.39. The van der Waals surface area contributed by atoms with Crippen LogP contribution in [0.5, 0.6) is 0 Å². The van der Waals surface area contributed by atoms with Crippen molar-refractivity contribution >= 4 is 0 Å². The van der Waals surface area contributed by atoms with Crippen LogP contribution in [0.25, 0.3) is 0 Å². The number of nitrogens with two attached hydrogens (primary N) is 1. The normalized spacial score (nSPS) is 53.5. The minimum absolute atomic E-state index is 0.492. The molecule has 0 radical (unpaired) electrons. The quantitative estimate of drug-likeness (QED) is 0.566. The minimum Gasteiger partial charge on any atom is -0.327 e. The van der Waals surface area contributed by atoms with E-state index in [0.29, 0.717) is 11.5 Å². The van der Waals surface area contributed by atoms with Crippen LogP contribution in [0.1, 0.15) is 33.6 Å². The van der Waals surface area contributed by atoms with E-state index in [1.807, 2.05) is 0 Å². The molecule has 4 atom stereocenters. The number of fused-ring (bicyclic) bond motifs is 2. The highest BCUT2D eigenvalue weighted by Crippen LogP contribution is 2.60. The Balaban J connectivity index is 2.17. The van der Waals surface area contributed by atoms with Crippen molar-refractivity contribution in [1.29, 1.82) is 0 Å². The smallest absolute Gasteiger partial charge is 0.00702 e. The Morgan fingerprint density at radius 3 is 2.27 bits per heavy atom. The molecule has 2 N–H and O–H groups in total. The van der Waals surface area contributed by atoms with Crippen molar-refractivity contribution in [3.63, 3.8) is 0 Å². The average Bonchev–Trinajstić information content (AvgIpc) is 1.93. The highest BCUT2D eigenvalue weighted by molar-refractivity contribution is 5.06. The molecule has 1 unspecified atom stereocenters. The summed E-state index contributed by atoms with van der Waals surface area (Å²) < 4.78 is 0. The molecule has 0 amide bonds. The van der Waals surface area contributed by atoms with Crippen LogP contribution in [-0.2, 0) is 0 Å². The van der Waals surface area contributed by atoms with Gasteiger partial charge in [0.25, 0.3) is 0 Å². The second-order valence-corrected chi connectivity index (χ2v) is 5.12. The molecule has 1 heteroatoms. The molecule has 0 aromatic rings. The van der Waals surface area contributed by atoms with Crippen LogP contribution in [0, 0.1) is 23.2 Å². The fraction of sp³-hybridized carbons (Fsp3) is 1.00. The van der Waals surface area contributed by atoms with E-state index < -0.39 is 0 Å². The molecule has 0 aromatic heterocycles. The van der Waals surface area contributed by atoms with Crippen molar-refractivity contribution in [2.24, 2.45) is 28.9 Å². The maximum absolute atomic E-state index is 6.02. The van der Waals surface area contributed by atoms with Gasteiger partial charge in [-0.05, 0) is 36.0 Å². The van der Waals surface area contributed by atoms with E-state index in [-0.39, 0.29) is 0 Å². The van der Waals surface area contributed by atoms with Gasteiger partial charge in [0.05, 0.1) is 0 Å². The second-order valence-electron chi connectivity index (χ2n) is 5.12. The molecule has 3 aliphatic rings. The third-order valence-electron chi connectivity index (χ3n) is 4.41. The third kappa shape index (κ3) is 0.807. The lowest BCUT2D eigenvalue weighted by molar-refractivity contribution is -0.108. The van der Waals surface area contributed by atoms with Crippen LogP contribution in [0.3, 0.4) is 0 Å². The van der Waals surface area contributed by atoms with Crippen molar-refractivity contribution < 1.29 is 0 Å². The lowest BCUT2D eigenvalue weighted by atomic mass is 9.45. The molecule has 0 spiro atoms. The summed E-state index contributed by atoms with van der Waals surface area (Å²) in [6.07, 6.45) is 2.71. The van der Waals surface area contributed by atoms with E-state index in [9.17, 15) is 0 Å². The van der Waals surface area contributed by atoms with Crippen LogP contribution in [0.15, 0.2) is 0 Å². The van der Waals surface area contributed by atoms with Gasteiger partial charge in [-0.25, -0.2) is 0 Å². The van der Waals surface area contributed by atoms with Crippen molar-refractivity contribution in [3.05, 3.63) is 0 Å². The van der Waals surface area contributed by atoms with E-state index in [2.05, 4.69) is 20.8 Å². The zero-order chi connectivity index (χ0) is 8.22. The molecule has 0 aliphatic heterocycles. The summed E-state index contributed by atoms with van der Waals surface area (Å²) in [6, 6.07) is 0.492. The van der Waals surface area contributed by atoms with Gasteiger partial charge in [0.2, 0.25) is 0 Å². The molecular weight excluding hydrogens is 134 g/mol. The number of hydrogen-bond acceptors (Lipinski definition) is 1. The van der Waals surface area contributed by atoms with Crippen LogP contribution in [0.4, 0.5) is 0 Å². The second kappa shape index (κ2) is 2.01. The first-order valence-electron chi connectivity index (χ1n) is 4.79. The van der Waals surface area contributed by atoms with Gasteiger partial charge in [-0.1, -0.05) is 20.8 Å². The summed E-state index contributed by atoms with van der Waals surface area (Å²) in [4.78, 5) is 0. The van der Waals surface area contributed by atoms with E-state index in [1.165, 1.54) is 12.8 Å². The monoisotopic (exact) mass is 153 g/mol. The Bertz CT molecular complexity index is 174. The van der Waals surface area contributed by atoms with Gasteiger partial charge in [-0.2, -0.15) is 0 Å². The Hall–Kier alpha value is -0.0400. The molecule has 2 bridgehead atoms. The highest BCUT2D eigenvalue weighted by Gasteiger charge is 2.55. The molecule has 0 aromatic carbocycles. The van der Waals surface area contributed by atoms with Crippen LogP contribution < -0.4 is 5.73 Å². The molecule has 3 fully saturated rings. The number of hydrogen-bond donors (Lipinski definition) is 1. The fourth-order valence-corrected chi connectivity index (χ4v) is 3.19. The molecule has 3 saturated carbocycles. The summed E-state index contributed by atoms with van der Waals surface area (Å²) in [5.74, 6) is 2.60. The molecule has 1 nitrogen and oxygen atoms in total. The van der Waals surface area contributed by atoms with Gasteiger partial charge >= 0.3 is 0 Å². The molecule has 64 valence electrons. The molecule has 3 rings (SSSR count). The standard InChI is InChI=1S/C10H19N/c1-6-8-4-7(5-9(6)11)10(8,2)3/h6-9H,4-5,11H2,1-3H3/t6-,7+,8?,9-/m0/s1. The van der Waals surface area contributed by atoms with E-state index in [4.69, 9.17) is 5.73 Å². The lowest BCUT2D eigenvalue weighted by Crippen LogP contribution is -2.58. The zero-order valence-electron chi connectivity index (χ0n) is 7.80. The summed E-state index contributed by atoms with van der Waals surface area (Å²) >= 11 is 0. The van der Waals surface area contributed by atoms with Crippen molar-refractivity contribution in [2.45, 2.75) is 39.7 Å². The molecule has 0 heterocycles. The Labute approximate surface area is 69.4 Å². The maximum atomic E-state index is 6.02. The summed E-state index contributed by atoms with van der Waals surface area (Å²) in [5.41, 5.74) is 6.63. The Morgan fingerprint density at radius 2 is 1.91 bits per heavy atom. The fourth-order valence-electron chi connectivity index (χ4n) is 3.19. The molecule has 3 aliphatic carbocycles. The van der Waals surface area contributed by atoms with Gasteiger partial charge in [0.1, 0.15) is 0 Å². The van der Waals surface area contributed by atoms with Crippen molar-refractivity contribution in [1.82, 2.24) is 0 Å². The van der Waals surface area contributed by atoms with Crippen LogP contribution in [-0.4, -0.2) is 6.04 Å². The first-order valence-corrected chi connectivity index (χ1v) is 4.79. The molecular formula is C10H19N. The summed E-state index contributed by atoms with van der Waals surface area (Å²) in [6.45, 7) is 7.15. The molecule has 11 heavy (non-hydrogen) atoms. The highest BCUT2D eigenvalue weighted by atomic mass is 14.7. The zero-order valence-corrected chi connectivity index (χ0v) is 7.80. The van der Waals surface area contributed by atoms with E-state index in [0.717, 1.165) is 17.8 Å². The Morgan fingerprint density at radius 1 is 1.27 bits per heavy atom. The van der Waals surface area contributed by atoms with Gasteiger partial charge in [-0.3, -0.25) is 0 Å².